The smallest absolute Gasteiger partial charge is 0.440 e. The van der Waals surface area contributed by atoms with Crippen LogP contribution in [-0.2, 0) is 14.8 Å². The van der Waals surface area contributed by atoms with Crippen LogP contribution in [-0.4, -0.2) is 19.3 Å². The Labute approximate surface area is 77.7 Å². The van der Waals surface area contributed by atoms with Crippen molar-refractivity contribution in [2.75, 3.05) is 0 Å². The minimum atomic E-state index is -4.20. The van der Waals surface area contributed by atoms with Crippen molar-refractivity contribution in [3.05, 3.63) is 0 Å². The first-order chi connectivity index (χ1) is 4.63. The topological polar surface area (TPSA) is 86.5 Å². The molecular weight excluding hydrogens is 206 g/mol. The molecule has 0 atom stereocenters. The first-order valence-corrected chi connectivity index (χ1v) is 4.43. The number of hydrogen-bond acceptors (Lipinski definition) is 4. The van der Waals surface area contributed by atoms with E-state index in [1.165, 1.54) is 0 Å². The molecule has 0 aromatic carbocycles. The lowest BCUT2D eigenvalue weighted by Gasteiger charge is -2.17. The van der Waals surface area contributed by atoms with Crippen LogP contribution in [0.3, 0.4) is 0 Å². The van der Waals surface area contributed by atoms with Gasteiger partial charge in [-0.1, -0.05) is 0 Å². The molecule has 0 bridgehead atoms. The molecule has 0 spiro atoms. The summed E-state index contributed by atoms with van der Waals surface area (Å²) in [7, 11) is -4.20. The van der Waals surface area contributed by atoms with E-state index in [1.54, 1.807) is 20.8 Å². The third kappa shape index (κ3) is 6.38. The number of halogens is 1. The van der Waals surface area contributed by atoms with Crippen molar-refractivity contribution >= 4 is 27.7 Å². The van der Waals surface area contributed by atoms with Crippen LogP contribution in [0.5, 0.6) is 0 Å². The summed E-state index contributed by atoms with van der Waals surface area (Å²) in [5.41, 5.74) is -0.830. The normalized spacial score (nSPS) is 11.7. The molecule has 0 aromatic heterocycles. The van der Waals surface area contributed by atoms with Crippen molar-refractivity contribution < 1.29 is 17.9 Å². The Kier molecular flexibility index (Phi) is 4.81. The van der Waals surface area contributed by atoms with Crippen molar-refractivity contribution in [3.63, 3.8) is 0 Å². The molecule has 7 heteroatoms. The van der Waals surface area contributed by atoms with Crippen molar-refractivity contribution in [1.82, 2.24) is 0 Å². The summed E-state index contributed by atoms with van der Waals surface area (Å²) >= 11 is 0. The van der Waals surface area contributed by atoms with E-state index < -0.39 is 20.9 Å². The first-order valence-electron chi connectivity index (χ1n) is 2.89. The molecule has 74 valence electrons. The van der Waals surface area contributed by atoms with E-state index in [0.717, 1.165) is 0 Å². The second-order valence-electron chi connectivity index (χ2n) is 3.01. The molecular formula is C5H12ClNO4S. The van der Waals surface area contributed by atoms with E-state index >= 15 is 0 Å². The number of sulfonamides is 1. The van der Waals surface area contributed by atoms with Gasteiger partial charge in [-0.05, 0) is 20.8 Å². The predicted molar refractivity (Wildman–Crippen MR) is 46.6 cm³/mol. The molecule has 0 heterocycles. The molecule has 5 nitrogen and oxygen atoms in total. The van der Waals surface area contributed by atoms with Crippen LogP contribution in [0.15, 0.2) is 0 Å². The monoisotopic (exact) mass is 217 g/mol. The van der Waals surface area contributed by atoms with Gasteiger partial charge in [0.25, 0.3) is 0 Å². The number of carbonyl (C=O) groups is 1. The summed E-state index contributed by atoms with van der Waals surface area (Å²) in [6.07, 6.45) is 0. The van der Waals surface area contributed by atoms with Gasteiger partial charge in [-0.3, -0.25) is 0 Å². The Morgan fingerprint density at radius 1 is 1.33 bits per heavy atom. The third-order valence-electron chi connectivity index (χ3n) is 0.622. The van der Waals surface area contributed by atoms with E-state index in [-0.39, 0.29) is 12.4 Å². The van der Waals surface area contributed by atoms with Crippen LogP contribution in [0.25, 0.3) is 0 Å². The van der Waals surface area contributed by atoms with Crippen LogP contribution in [0.4, 0.5) is 4.79 Å². The van der Waals surface area contributed by atoms with Crippen molar-refractivity contribution in [2.45, 2.75) is 26.4 Å². The number of ether oxygens (including phenoxy) is 1. The fourth-order valence-electron chi connectivity index (χ4n) is 0.308. The molecule has 0 saturated carbocycles. The van der Waals surface area contributed by atoms with Gasteiger partial charge in [-0.25, -0.2) is 18.4 Å². The quantitative estimate of drug-likeness (QED) is 0.603. The second-order valence-corrected chi connectivity index (χ2v) is 4.43. The Hall–Kier alpha value is -0.330. The van der Waals surface area contributed by atoms with E-state index in [2.05, 4.69) is 9.88 Å². The number of hydrogen-bond donors (Lipinski definition) is 1. The molecule has 0 aliphatic rings. The average molecular weight is 218 g/mol. The molecule has 0 saturated heterocycles. The van der Waals surface area contributed by atoms with Crippen molar-refractivity contribution in [1.29, 1.82) is 0 Å². The molecule has 0 fully saturated rings. The highest BCUT2D eigenvalue weighted by atomic mass is 35.5. The maximum absolute atomic E-state index is 10.5. The summed E-state index contributed by atoms with van der Waals surface area (Å²) in [5, 5.41) is 3.09. The summed E-state index contributed by atoms with van der Waals surface area (Å²) in [5.74, 6) is 0. The van der Waals surface area contributed by atoms with Gasteiger partial charge in [0.15, 0.2) is 0 Å². The lowest BCUT2D eigenvalue weighted by atomic mass is 10.2. The van der Waals surface area contributed by atoms with Gasteiger partial charge in [0.2, 0.25) is 0 Å². The van der Waals surface area contributed by atoms with Gasteiger partial charge >= 0.3 is 15.3 Å². The zero-order valence-corrected chi connectivity index (χ0v) is 8.66. The molecule has 0 rings (SSSR count). The molecule has 0 amide bonds. The van der Waals surface area contributed by atoms with Crippen LogP contribution in [0, 0.1) is 0 Å². The minimum Gasteiger partial charge on any atom is -0.447 e. The molecule has 0 aromatic rings. The predicted octanol–water partition coefficient (Wildman–Crippen LogP) is 0.632. The average Bonchev–Trinajstić information content (AvgIpc) is 1.56. The van der Waals surface area contributed by atoms with Gasteiger partial charge in [0.1, 0.15) is 5.60 Å². The van der Waals surface area contributed by atoms with E-state index in [0.29, 0.717) is 0 Å². The highest BCUT2D eigenvalue weighted by Gasteiger charge is 2.24. The Morgan fingerprint density at radius 2 is 1.67 bits per heavy atom. The highest BCUT2D eigenvalue weighted by molar-refractivity contribution is 8.03. The standard InChI is InChI=1S/C5H11NO4S.ClH/c1-5(2,3)10-4(7)11(6,8)9;/h1-3H3,(H2,6,8,9);1H. The molecule has 0 aliphatic heterocycles. The largest absolute Gasteiger partial charge is 0.447 e. The second kappa shape index (κ2) is 4.06. The molecule has 0 aliphatic carbocycles. The van der Waals surface area contributed by atoms with Gasteiger partial charge in [-0.15, -0.1) is 12.4 Å². The van der Waals surface area contributed by atoms with Gasteiger partial charge < -0.3 is 4.74 Å². The van der Waals surface area contributed by atoms with Gasteiger partial charge in [-0.2, -0.15) is 0 Å². The lowest BCUT2D eigenvalue weighted by Crippen LogP contribution is -2.31. The molecule has 0 radical (unpaired) electrons. The maximum atomic E-state index is 10.5. The highest BCUT2D eigenvalue weighted by Crippen LogP contribution is 2.08. The maximum Gasteiger partial charge on any atom is 0.440 e. The number of rotatable bonds is 0. The lowest BCUT2D eigenvalue weighted by molar-refractivity contribution is 0.0718. The summed E-state index contributed by atoms with van der Waals surface area (Å²) in [6.45, 7) is 4.66. The van der Waals surface area contributed by atoms with Crippen molar-refractivity contribution in [2.24, 2.45) is 5.14 Å². The Morgan fingerprint density at radius 3 is 1.75 bits per heavy atom. The molecule has 12 heavy (non-hydrogen) atoms. The van der Waals surface area contributed by atoms with Crippen molar-refractivity contribution in [3.8, 4) is 0 Å². The zero-order chi connectivity index (χ0) is 9.28. The third-order valence-corrected chi connectivity index (χ3v) is 1.17. The van der Waals surface area contributed by atoms with Crippen LogP contribution >= 0.6 is 12.4 Å². The number of carbonyl (C=O) groups excluding carboxylic acids is 1. The Bertz CT molecular complexity index is 253. The zero-order valence-electron chi connectivity index (χ0n) is 7.03. The SMILES string of the molecule is CC(C)(C)OC(=O)S(N)(=O)=O.Cl. The summed E-state index contributed by atoms with van der Waals surface area (Å²) in [4.78, 5) is 10.5. The van der Waals surface area contributed by atoms with E-state index in [1.807, 2.05) is 0 Å². The van der Waals surface area contributed by atoms with E-state index in [4.69, 9.17) is 0 Å². The van der Waals surface area contributed by atoms with Gasteiger partial charge in [0.05, 0.1) is 0 Å². The van der Waals surface area contributed by atoms with Gasteiger partial charge in [0, 0.05) is 0 Å². The number of nitrogens with two attached hydrogens (primary N) is 1. The summed E-state index contributed by atoms with van der Waals surface area (Å²) < 4.78 is 25.1. The minimum absolute atomic E-state index is 0. The molecule has 0 unspecified atom stereocenters. The Balaban J connectivity index is 0. The fourth-order valence-corrected chi connectivity index (χ4v) is 0.674. The van der Waals surface area contributed by atoms with Crippen LogP contribution in [0.1, 0.15) is 20.8 Å². The van der Waals surface area contributed by atoms with Crippen LogP contribution in [0.2, 0.25) is 0 Å². The summed E-state index contributed by atoms with van der Waals surface area (Å²) in [6, 6.07) is 0. The molecule has 2 N–H and O–H groups in total. The van der Waals surface area contributed by atoms with Crippen LogP contribution < -0.4 is 5.14 Å². The fraction of sp³-hybridized carbons (Fsp3) is 0.800. The first kappa shape index (κ1) is 14.2. The number of primary sulfonamides is 1. The van der Waals surface area contributed by atoms with E-state index in [9.17, 15) is 13.2 Å².